The van der Waals surface area contributed by atoms with Crippen LogP contribution in [0.1, 0.15) is 71.1 Å². The molecule has 8 heteroatoms. The number of hydrogen-bond donors (Lipinski definition) is 2. The summed E-state index contributed by atoms with van der Waals surface area (Å²) in [5, 5.41) is 34.4. The summed E-state index contributed by atoms with van der Waals surface area (Å²) >= 11 is 0. The number of carboxylic acids is 2. The minimum absolute atomic E-state index is 0. The fourth-order valence-electron chi connectivity index (χ4n) is 2.87. The standard InChI is InChI=1S/C21H31NO6.Ca/c1-20(2,3)13-9-12(10-14(18(13)26)21(4,5)6)7-8-16(23)22-15(19(27)28)11-17(24)25;/h9-10,15,26H,7-8,11H2,1-6H3,(H,22,23)(H,24,25)(H,27,28);/q;+2/p-2. The van der Waals surface area contributed by atoms with Crippen molar-refractivity contribution in [2.75, 3.05) is 0 Å². The Kier molecular flexibility index (Phi) is 10.2. The van der Waals surface area contributed by atoms with Gasteiger partial charge in [0.05, 0.1) is 12.0 Å². The Morgan fingerprint density at radius 1 is 1.00 bits per heavy atom. The monoisotopic (exact) mass is 431 g/mol. The number of nitrogens with one attached hydrogen (secondary N) is 1. The molecular weight excluding hydrogens is 402 g/mol. The van der Waals surface area contributed by atoms with Crippen LogP contribution >= 0.6 is 0 Å². The van der Waals surface area contributed by atoms with E-state index in [4.69, 9.17) is 0 Å². The zero-order valence-electron chi connectivity index (χ0n) is 18.0. The van der Waals surface area contributed by atoms with Crippen LogP contribution in [-0.2, 0) is 31.6 Å². The first kappa shape index (κ1) is 27.7. The van der Waals surface area contributed by atoms with Gasteiger partial charge in [-0.25, -0.2) is 0 Å². The third-order valence-corrected chi connectivity index (χ3v) is 4.42. The number of carbonyl (C=O) groups is 3. The van der Waals surface area contributed by atoms with Gasteiger partial charge in [-0.15, -0.1) is 0 Å². The molecule has 2 N–H and O–H groups in total. The van der Waals surface area contributed by atoms with Crippen LogP contribution in [0.5, 0.6) is 5.75 Å². The zero-order valence-corrected chi connectivity index (χ0v) is 20.3. The van der Waals surface area contributed by atoms with Crippen LogP contribution < -0.4 is 15.5 Å². The Morgan fingerprint density at radius 2 is 1.45 bits per heavy atom. The average molecular weight is 432 g/mol. The maximum absolute atomic E-state index is 12.1. The molecule has 0 heterocycles. The van der Waals surface area contributed by atoms with Crippen LogP contribution in [-0.4, -0.2) is 66.7 Å². The summed E-state index contributed by atoms with van der Waals surface area (Å²) in [6.45, 7) is 11.9. The van der Waals surface area contributed by atoms with E-state index in [9.17, 15) is 29.7 Å². The van der Waals surface area contributed by atoms with Crippen molar-refractivity contribution in [3.05, 3.63) is 28.8 Å². The average Bonchev–Trinajstić information content (AvgIpc) is 2.50. The van der Waals surface area contributed by atoms with E-state index in [0.29, 0.717) is 6.42 Å². The van der Waals surface area contributed by atoms with Crippen LogP contribution in [0.4, 0.5) is 0 Å². The first-order chi connectivity index (χ1) is 12.6. The number of aromatic hydroxyl groups is 1. The van der Waals surface area contributed by atoms with E-state index in [1.807, 2.05) is 53.7 Å². The van der Waals surface area contributed by atoms with E-state index >= 15 is 0 Å². The SMILES string of the molecule is CC(C)(C)c1cc(CCC(=O)NC(CC(=O)[O-])C(=O)[O-])cc(C(C)(C)C)c1O.[Ca+2]. The van der Waals surface area contributed by atoms with E-state index in [0.717, 1.165) is 16.7 Å². The first-order valence-electron chi connectivity index (χ1n) is 9.20. The van der Waals surface area contributed by atoms with Gasteiger partial charge >= 0.3 is 37.7 Å². The quantitative estimate of drug-likeness (QED) is 0.581. The Labute approximate surface area is 201 Å². The van der Waals surface area contributed by atoms with E-state index in [1.165, 1.54) is 0 Å². The molecule has 1 unspecified atom stereocenters. The van der Waals surface area contributed by atoms with Gasteiger partial charge in [-0.2, -0.15) is 0 Å². The second kappa shape index (κ2) is 10.6. The van der Waals surface area contributed by atoms with Crippen molar-refractivity contribution in [1.29, 1.82) is 0 Å². The number of hydrogen-bond acceptors (Lipinski definition) is 6. The van der Waals surface area contributed by atoms with Gasteiger partial charge < -0.3 is 30.2 Å². The number of carbonyl (C=O) groups excluding carboxylic acids is 3. The predicted octanol–water partition coefficient (Wildman–Crippen LogP) is -0.0863. The molecule has 0 radical (unpaired) electrons. The topological polar surface area (TPSA) is 130 Å². The fourth-order valence-corrected chi connectivity index (χ4v) is 2.87. The summed E-state index contributed by atoms with van der Waals surface area (Å²) in [6, 6.07) is 2.05. The van der Waals surface area contributed by atoms with E-state index in [2.05, 4.69) is 5.32 Å². The molecule has 1 atom stereocenters. The van der Waals surface area contributed by atoms with Crippen LogP contribution in [0.2, 0.25) is 0 Å². The van der Waals surface area contributed by atoms with Crippen LogP contribution in [0, 0.1) is 0 Å². The van der Waals surface area contributed by atoms with Crippen molar-refractivity contribution in [2.45, 2.75) is 77.7 Å². The molecule has 156 valence electrons. The number of rotatable bonds is 7. The van der Waals surface area contributed by atoms with Crippen molar-refractivity contribution >= 4 is 55.6 Å². The van der Waals surface area contributed by atoms with Gasteiger partial charge in [0.2, 0.25) is 5.91 Å². The first-order valence-corrected chi connectivity index (χ1v) is 9.20. The second-order valence-corrected chi connectivity index (χ2v) is 9.05. The molecule has 0 bridgehead atoms. The number of phenolic OH excluding ortho intramolecular Hbond substituents is 1. The van der Waals surface area contributed by atoms with Gasteiger partial charge in [-0.1, -0.05) is 53.7 Å². The van der Waals surface area contributed by atoms with E-state index < -0.39 is 30.3 Å². The summed E-state index contributed by atoms with van der Waals surface area (Å²) in [4.78, 5) is 33.6. The molecule has 0 saturated carbocycles. The molecular formula is C21H29CaNO6. The molecule has 0 saturated heterocycles. The van der Waals surface area contributed by atoms with Crippen molar-refractivity contribution in [3.63, 3.8) is 0 Å². The summed E-state index contributed by atoms with van der Waals surface area (Å²) < 4.78 is 0. The molecule has 1 rings (SSSR count). The molecule has 1 aromatic carbocycles. The van der Waals surface area contributed by atoms with Crippen molar-refractivity contribution in [1.82, 2.24) is 5.32 Å². The summed E-state index contributed by atoms with van der Waals surface area (Å²) in [5.74, 6) is -3.62. The van der Waals surface area contributed by atoms with Gasteiger partial charge in [0, 0.05) is 18.8 Å². The summed E-state index contributed by atoms with van der Waals surface area (Å²) in [7, 11) is 0. The third-order valence-electron chi connectivity index (χ3n) is 4.42. The molecule has 0 aliphatic rings. The number of benzene rings is 1. The van der Waals surface area contributed by atoms with Crippen molar-refractivity contribution < 1.29 is 29.7 Å². The Hall–Kier alpha value is -1.31. The van der Waals surface area contributed by atoms with Gasteiger partial charge in [0.15, 0.2) is 0 Å². The van der Waals surface area contributed by atoms with Gasteiger partial charge in [-0.3, -0.25) is 4.79 Å². The third kappa shape index (κ3) is 8.52. The minimum Gasteiger partial charge on any atom is -0.550 e. The van der Waals surface area contributed by atoms with E-state index in [-0.39, 0.29) is 60.7 Å². The van der Waals surface area contributed by atoms with Crippen LogP contribution in [0.3, 0.4) is 0 Å². The van der Waals surface area contributed by atoms with Gasteiger partial charge in [0.25, 0.3) is 0 Å². The molecule has 0 aliphatic heterocycles. The number of amides is 1. The number of aliphatic carboxylic acids is 2. The Morgan fingerprint density at radius 3 is 1.79 bits per heavy atom. The molecule has 0 aromatic heterocycles. The number of aryl methyl sites for hydroxylation is 1. The predicted molar refractivity (Wildman–Crippen MR) is 106 cm³/mol. The summed E-state index contributed by atoms with van der Waals surface area (Å²) in [5.41, 5.74) is 1.74. The normalized spacial score (nSPS) is 12.6. The molecule has 7 nitrogen and oxygen atoms in total. The van der Waals surface area contributed by atoms with Crippen LogP contribution in [0.25, 0.3) is 0 Å². The van der Waals surface area contributed by atoms with Crippen molar-refractivity contribution in [3.8, 4) is 5.75 Å². The molecule has 29 heavy (non-hydrogen) atoms. The van der Waals surface area contributed by atoms with Gasteiger partial charge in [0.1, 0.15) is 5.75 Å². The number of phenols is 1. The zero-order chi connectivity index (χ0) is 21.9. The molecule has 0 aliphatic carbocycles. The molecule has 1 amide bonds. The Bertz CT molecular complexity index is 726. The van der Waals surface area contributed by atoms with Crippen LogP contribution in [0.15, 0.2) is 12.1 Å². The van der Waals surface area contributed by atoms with E-state index in [1.54, 1.807) is 0 Å². The van der Waals surface area contributed by atoms with Gasteiger partial charge in [-0.05, 0) is 33.9 Å². The molecule has 1 aromatic rings. The molecule has 0 spiro atoms. The van der Waals surface area contributed by atoms with Crippen molar-refractivity contribution in [2.24, 2.45) is 0 Å². The minimum atomic E-state index is -1.67. The maximum Gasteiger partial charge on any atom is 2.00 e. The fraction of sp³-hybridized carbons (Fsp3) is 0.571. The summed E-state index contributed by atoms with van der Waals surface area (Å²) in [6.07, 6.45) is -0.576. The Balaban J connectivity index is 0.00000784. The smallest absolute Gasteiger partial charge is 0.550 e. The maximum atomic E-state index is 12.1. The molecule has 0 fully saturated rings. The number of carboxylic acid groups (broad SMARTS) is 2. The second-order valence-electron chi connectivity index (χ2n) is 9.05. The largest absolute Gasteiger partial charge is 2.00 e.